The van der Waals surface area contributed by atoms with Crippen LogP contribution in [0.5, 0.6) is 5.75 Å². The Hall–Kier alpha value is -3.88. The average Bonchev–Trinajstić information content (AvgIpc) is 3.16. The Labute approximate surface area is 172 Å². The van der Waals surface area contributed by atoms with Gasteiger partial charge in [0.25, 0.3) is 0 Å². The summed E-state index contributed by atoms with van der Waals surface area (Å²) in [5, 5.41) is 21.4. The van der Waals surface area contributed by atoms with Gasteiger partial charge in [0.1, 0.15) is 29.1 Å². The van der Waals surface area contributed by atoms with Crippen LogP contribution in [0, 0.1) is 0 Å². The third kappa shape index (κ3) is 5.34. The van der Waals surface area contributed by atoms with Crippen LogP contribution in [0.4, 0.5) is 4.79 Å². The lowest BCUT2D eigenvalue weighted by atomic mass is 10.1. The molecule has 1 heterocycles. The van der Waals surface area contributed by atoms with E-state index in [2.05, 4.69) is 22.1 Å². The van der Waals surface area contributed by atoms with E-state index in [9.17, 15) is 14.7 Å². The van der Waals surface area contributed by atoms with Crippen LogP contribution in [0.3, 0.4) is 0 Å². The molecule has 156 valence electrons. The standard InChI is InChI=1S/C21H22N4O5/c1-14(2)20(27)29-12-10-22-21(28)30-11-9-15-7-8-19(26)18(13-15)25-23-16-5-3-4-6-17(16)24-25/h3-8,13,26H,1,9-12H2,2H3,(H,22,28). The number of rotatable bonds is 8. The van der Waals surface area contributed by atoms with Crippen molar-refractivity contribution < 1.29 is 24.2 Å². The molecule has 3 aromatic rings. The van der Waals surface area contributed by atoms with Gasteiger partial charge in [-0.1, -0.05) is 24.8 Å². The lowest BCUT2D eigenvalue weighted by Crippen LogP contribution is -2.29. The van der Waals surface area contributed by atoms with Crippen LogP contribution in [0.15, 0.2) is 54.6 Å². The Balaban J connectivity index is 1.50. The van der Waals surface area contributed by atoms with E-state index in [0.29, 0.717) is 17.7 Å². The van der Waals surface area contributed by atoms with E-state index in [1.807, 2.05) is 24.3 Å². The molecule has 0 bridgehead atoms. The van der Waals surface area contributed by atoms with Gasteiger partial charge in [0.2, 0.25) is 0 Å². The van der Waals surface area contributed by atoms with Crippen LogP contribution in [0.1, 0.15) is 12.5 Å². The van der Waals surface area contributed by atoms with Crippen LogP contribution in [-0.4, -0.2) is 51.9 Å². The van der Waals surface area contributed by atoms with Crippen molar-refractivity contribution in [3.8, 4) is 11.4 Å². The number of phenolic OH excluding ortho intramolecular Hbond substituents is 1. The average molecular weight is 410 g/mol. The van der Waals surface area contributed by atoms with E-state index in [-0.39, 0.29) is 25.5 Å². The number of fused-ring (bicyclic) bond motifs is 1. The molecule has 0 fully saturated rings. The number of carbonyl (C=O) groups excluding carboxylic acids is 2. The monoisotopic (exact) mass is 410 g/mol. The summed E-state index contributed by atoms with van der Waals surface area (Å²) in [5.74, 6) is -0.463. The molecule has 0 aliphatic heterocycles. The molecule has 0 saturated heterocycles. The number of benzene rings is 2. The predicted octanol–water partition coefficient (Wildman–Crippen LogP) is 2.51. The molecule has 0 aliphatic carbocycles. The first kappa shape index (κ1) is 20.8. The second-order valence-electron chi connectivity index (χ2n) is 6.53. The summed E-state index contributed by atoms with van der Waals surface area (Å²) in [6, 6.07) is 12.4. The smallest absolute Gasteiger partial charge is 0.407 e. The van der Waals surface area contributed by atoms with E-state index in [4.69, 9.17) is 9.47 Å². The van der Waals surface area contributed by atoms with Crippen molar-refractivity contribution in [3.05, 3.63) is 60.2 Å². The molecule has 9 heteroatoms. The van der Waals surface area contributed by atoms with Crippen LogP contribution >= 0.6 is 0 Å². The number of nitrogens with zero attached hydrogens (tertiary/aromatic N) is 3. The number of hydrogen-bond donors (Lipinski definition) is 2. The molecule has 30 heavy (non-hydrogen) atoms. The number of phenols is 1. The Morgan fingerprint density at radius 2 is 1.80 bits per heavy atom. The van der Waals surface area contributed by atoms with Crippen molar-refractivity contribution in [2.24, 2.45) is 0 Å². The van der Waals surface area contributed by atoms with Crippen molar-refractivity contribution in [1.82, 2.24) is 20.3 Å². The van der Waals surface area contributed by atoms with Gasteiger partial charge in [0, 0.05) is 12.0 Å². The van der Waals surface area contributed by atoms with Gasteiger partial charge < -0.3 is 19.9 Å². The fourth-order valence-electron chi connectivity index (χ4n) is 2.58. The first-order valence-electron chi connectivity index (χ1n) is 9.31. The predicted molar refractivity (Wildman–Crippen MR) is 109 cm³/mol. The Morgan fingerprint density at radius 3 is 2.47 bits per heavy atom. The van der Waals surface area contributed by atoms with Gasteiger partial charge in [0.15, 0.2) is 0 Å². The third-order valence-corrected chi connectivity index (χ3v) is 4.12. The van der Waals surface area contributed by atoms with Gasteiger partial charge in [-0.25, -0.2) is 9.59 Å². The first-order chi connectivity index (χ1) is 14.4. The number of alkyl carbamates (subject to hydrolysis) is 1. The fraction of sp³-hybridized carbons (Fsp3) is 0.238. The highest BCUT2D eigenvalue weighted by Crippen LogP contribution is 2.23. The second-order valence-corrected chi connectivity index (χ2v) is 6.53. The molecule has 2 N–H and O–H groups in total. The molecule has 0 aliphatic rings. The number of hydrogen-bond acceptors (Lipinski definition) is 7. The van der Waals surface area contributed by atoms with Crippen LogP contribution < -0.4 is 5.32 Å². The molecule has 0 atom stereocenters. The molecular formula is C21H22N4O5. The number of amides is 1. The fourth-order valence-corrected chi connectivity index (χ4v) is 2.58. The van der Waals surface area contributed by atoms with E-state index >= 15 is 0 Å². The second kappa shape index (κ2) is 9.55. The highest BCUT2D eigenvalue weighted by atomic mass is 16.6. The highest BCUT2D eigenvalue weighted by molar-refractivity contribution is 5.86. The lowest BCUT2D eigenvalue weighted by molar-refractivity contribution is -0.138. The SMILES string of the molecule is C=C(C)C(=O)OCCNC(=O)OCCc1ccc(O)c(-n2nc3ccccc3n2)c1. The van der Waals surface area contributed by atoms with E-state index in [1.54, 1.807) is 25.1 Å². The summed E-state index contributed by atoms with van der Waals surface area (Å²) in [6.45, 7) is 5.32. The van der Waals surface area contributed by atoms with Gasteiger partial charge in [-0.3, -0.25) is 0 Å². The minimum Gasteiger partial charge on any atom is -0.506 e. The number of esters is 1. The van der Waals surface area contributed by atoms with Crippen molar-refractivity contribution in [1.29, 1.82) is 0 Å². The minimum absolute atomic E-state index is 0.0351. The van der Waals surface area contributed by atoms with Crippen LogP contribution in [-0.2, 0) is 20.7 Å². The van der Waals surface area contributed by atoms with Gasteiger partial charge in [-0.2, -0.15) is 0 Å². The maximum absolute atomic E-state index is 11.7. The van der Waals surface area contributed by atoms with Gasteiger partial charge >= 0.3 is 12.1 Å². The van der Waals surface area contributed by atoms with Crippen LogP contribution in [0.2, 0.25) is 0 Å². The Bertz CT molecular complexity index is 1040. The zero-order valence-corrected chi connectivity index (χ0v) is 16.5. The first-order valence-corrected chi connectivity index (χ1v) is 9.31. The molecule has 1 aromatic heterocycles. The molecule has 0 radical (unpaired) electrons. The maximum atomic E-state index is 11.7. The topological polar surface area (TPSA) is 116 Å². The number of nitrogens with one attached hydrogen (secondary N) is 1. The summed E-state index contributed by atoms with van der Waals surface area (Å²) < 4.78 is 9.98. The van der Waals surface area contributed by atoms with Crippen molar-refractivity contribution in [2.75, 3.05) is 19.8 Å². The normalized spacial score (nSPS) is 10.6. The quantitative estimate of drug-likeness (QED) is 0.333. The summed E-state index contributed by atoms with van der Waals surface area (Å²) in [4.78, 5) is 24.3. The number of aromatic nitrogens is 3. The van der Waals surface area contributed by atoms with E-state index < -0.39 is 12.1 Å². The molecule has 0 spiro atoms. The maximum Gasteiger partial charge on any atom is 0.407 e. The zero-order chi connectivity index (χ0) is 21.5. The van der Waals surface area contributed by atoms with Crippen molar-refractivity contribution in [2.45, 2.75) is 13.3 Å². The van der Waals surface area contributed by atoms with Crippen LogP contribution in [0.25, 0.3) is 16.7 Å². The molecule has 0 saturated carbocycles. The highest BCUT2D eigenvalue weighted by Gasteiger charge is 2.10. The minimum atomic E-state index is -0.611. The van der Waals surface area contributed by atoms with Gasteiger partial charge in [-0.15, -0.1) is 15.0 Å². The van der Waals surface area contributed by atoms with Gasteiger partial charge in [-0.05, 0) is 36.8 Å². The molecule has 0 unspecified atom stereocenters. The van der Waals surface area contributed by atoms with Crippen molar-refractivity contribution in [3.63, 3.8) is 0 Å². The summed E-state index contributed by atoms with van der Waals surface area (Å²) >= 11 is 0. The Morgan fingerprint density at radius 1 is 1.10 bits per heavy atom. The van der Waals surface area contributed by atoms with Crippen molar-refractivity contribution >= 4 is 23.1 Å². The van der Waals surface area contributed by atoms with E-state index in [1.165, 1.54) is 4.80 Å². The molecular weight excluding hydrogens is 388 g/mol. The summed E-state index contributed by atoms with van der Waals surface area (Å²) in [6.07, 6.45) is -0.174. The van der Waals surface area contributed by atoms with E-state index in [0.717, 1.165) is 16.6 Å². The van der Waals surface area contributed by atoms with Gasteiger partial charge in [0.05, 0.1) is 13.2 Å². The third-order valence-electron chi connectivity index (χ3n) is 4.12. The zero-order valence-electron chi connectivity index (χ0n) is 16.5. The summed E-state index contributed by atoms with van der Waals surface area (Å²) in [7, 11) is 0. The molecule has 2 aromatic carbocycles. The lowest BCUT2D eigenvalue weighted by Gasteiger charge is -2.09. The number of carbonyl (C=O) groups is 2. The summed E-state index contributed by atoms with van der Waals surface area (Å²) in [5.41, 5.74) is 3.01. The number of ether oxygens (including phenoxy) is 2. The largest absolute Gasteiger partial charge is 0.506 e. The molecule has 3 rings (SSSR count). The Kier molecular flexibility index (Phi) is 6.63. The molecule has 1 amide bonds. The number of aromatic hydroxyl groups is 1. The molecule has 9 nitrogen and oxygen atoms in total.